The summed E-state index contributed by atoms with van der Waals surface area (Å²) in [7, 11) is 1.81. The zero-order valence-electron chi connectivity index (χ0n) is 17.8. The van der Waals surface area contributed by atoms with E-state index in [4.69, 9.17) is 9.47 Å². The smallest absolute Gasteiger partial charge is 0.262 e. The highest BCUT2D eigenvalue weighted by Gasteiger charge is 2.14. The fraction of sp³-hybridized carbons (Fsp3) is 0.167. The fourth-order valence-electron chi connectivity index (χ4n) is 3.23. The Kier molecular flexibility index (Phi) is 6.68. The quantitative estimate of drug-likeness (QED) is 0.417. The van der Waals surface area contributed by atoms with Gasteiger partial charge in [0.15, 0.2) is 18.2 Å². The van der Waals surface area contributed by atoms with Gasteiger partial charge in [-0.25, -0.2) is 8.78 Å². The lowest BCUT2D eigenvalue weighted by Crippen LogP contribution is -2.20. The van der Waals surface area contributed by atoms with Crippen molar-refractivity contribution in [1.29, 1.82) is 0 Å². The number of hydrogen-bond acceptors (Lipinski definition) is 4. The molecular weight excluding hydrogens is 430 g/mol. The molecule has 4 rings (SSSR count). The van der Waals surface area contributed by atoms with Gasteiger partial charge >= 0.3 is 0 Å². The summed E-state index contributed by atoms with van der Waals surface area (Å²) in [5, 5.41) is 6.92. The largest absolute Gasteiger partial charge is 0.491 e. The Bertz CT molecular complexity index is 1240. The van der Waals surface area contributed by atoms with E-state index >= 15 is 0 Å². The van der Waals surface area contributed by atoms with Crippen molar-refractivity contribution in [2.24, 2.45) is 7.05 Å². The van der Waals surface area contributed by atoms with Crippen molar-refractivity contribution < 1.29 is 23.0 Å². The monoisotopic (exact) mass is 451 g/mol. The normalized spacial score (nSPS) is 10.8. The molecule has 0 aliphatic rings. The van der Waals surface area contributed by atoms with E-state index in [1.807, 2.05) is 36.0 Å². The van der Waals surface area contributed by atoms with E-state index < -0.39 is 24.1 Å². The van der Waals surface area contributed by atoms with Gasteiger partial charge in [-0.05, 0) is 48.5 Å². The molecule has 4 aromatic rings. The lowest BCUT2D eigenvalue weighted by molar-refractivity contribution is -0.118. The minimum absolute atomic E-state index is 0.203. The maximum atomic E-state index is 13.7. The second kappa shape index (κ2) is 9.99. The van der Waals surface area contributed by atoms with Gasteiger partial charge in [-0.2, -0.15) is 5.10 Å². The van der Waals surface area contributed by atoms with E-state index in [1.54, 1.807) is 29.1 Å². The second-order valence-electron chi connectivity index (χ2n) is 7.14. The number of rotatable bonds is 9. The van der Waals surface area contributed by atoms with E-state index in [-0.39, 0.29) is 5.75 Å². The number of carbonyl (C=O) groups is 1. The number of carbonyl (C=O) groups excluding carboxylic acids is 1. The van der Waals surface area contributed by atoms with E-state index in [2.05, 4.69) is 16.6 Å². The Morgan fingerprint density at radius 1 is 1.12 bits per heavy atom. The highest BCUT2D eigenvalue weighted by Crippen LogP contribution is 2.32. The lowest BCUT2D eigenvalue weighted by atomic mass is 10.1. The van der Waals surface area contributed by atoms with Crippen molar-refractivity contribution in [2.45, 2.75) is 6.54 Å². The number of nitrogens with zero attached hydrogens (tertiary/aromatic N) is 3. The van der Waals surface area contributed by atoms with Crippen LogP contribution in [-0.4, -0.2) is 33.5 Å². The number of ether oxygens (including phenoxy) is 2. The number of hydrogen-bond donors (Lipinski definition) is 1. The van der Waals surface area contributed by atoms with Crippen molar-refractivity contribution in [1.82, 2.24) is 14.3 Å². The Hall–Kier alpha value is -4.14. The molecule has 9 heteroatoms. The molecule has 1 N–H and O–H groups in total. The van der Waals surface area contributed by atoms with Crippen LogP contribution < -0.4 is 14.8 Å². The highest BCUT2D eigenvalue weighted by atomic mass is 19.1. The van der Waals surface area contributed by atoms with Crippen LogP contribution in [0.4, 0.5) is 14.5 Å². The molecule has 0 fully saturated rings. The molecule has 0 atom stereocenters. The van der Waals surface area contributed by atoms with Crippen molar-refractivity contribution >= 4 is 11.6 Å². The molecule has 169 valence electrons. The Morgan fingerprint density at radius 2 is 1.97 bits per heavy atom. The Labute approximate surface area is 189 Å². The zero-order chi connectivity index (χ0) is 23.2. The number of anilines is 1. The van der Waals surface area contributed by atoms with Gasteiger partial charge in [-0.15, -0.1) is 0 Å². The van der Waals surface area contributed by atoms with Gasteiger partial charge in [0.1, 0.15) is 18.2 Å². The van der Waals surface area contributed by atoms with Crippen LogP contribution in [0.15, 0.2) is 67.0 Å². The van der Waals surface area contributed by atoms with Gasteiger partial charge in [-0.3, -0.25) is 9.48 Å². The molecule has 0 bridgehead atoms. The number of aromatic nitrogens is 3. The van der Waals surface area contributed by atoms with Crippen LogP contribution in [0.25, 0.3) is 11.3 Å². The van der Waals surface area contributed by atoms with Crippen LogP contribution in [0.1, 0.15) is 0 Å². The third-order valence-electron chi connectivity index (χ3n) is 4.81. The third kappa shape index (κ3) is 5.57. The molecule has 0 spiro atoms. The van der Waals surface area contributed by atoms with Gasteiger partial charge in [0.25, 0.3) is 5.91 Å². The molecule has 2 heterocycles. The van der Waals surface area contributed by atoms with Crippen molar-refractivity contribution in [2.75, 3.05) is 18.5 Å². The van der Waals surface area contributed by atoms with Crippen LogP contribution >= 0.6 is 0 Å². The molecule has 0 unspecified atom stereocenters. The predicted octanol–water partition coefficient (Wildman–Crippen LogP) is 4.06. The third-order valence-corrected chi connectivity index (χ3v) is 4.81. The summed E-state index contributed by atoms with van der Waals surface area (Å²) in [5.74, 6) is -1.66. The first-order chi connectivity index (χ1) is 16.0. The summed E-state index contributed by atoms with van der Waals surface area (Å²) in [6.07, 6.45) is 6.63. The molecule has 2 aromatic heterocycles. The standard InChI is InChI=1S/C24H21F2N4O3/c1-29-21(8-9-27-29)19-15-18(5-7-22(19)32-13-12-30-10-2-3-11-30)28-24(31)16-33-23-6-4-17(25)14-20(23)26/h2-10,14-15H,12-13,16H2,1H3,(H,28,31). The fourth-order valence-corrected chi connectivity index (χ4v) is 3.23. The first kappa shape index (κ1) is 22.1. The highest BCUT2D eigenvalue weighted by molar-refractivity contribution is 5.93. The maximum Gasteiger partial charge on any atom is 0.262 e. The van der Waals surface area contributed by atoms with E-state index in [0.29, 0.717) is 30.7 Å². The molecule has 0 saturated carbocycles. The van der Waals surface area contributed by atoms with Crippen LogP contribution in [0, 0.1) is 17.8 Å². The lowest BCUT2D eigenvalue weighted by Gasteiger charge is -2.15. The van der Waals surface area contributed by atoms with Crippen LogP contribution in [0.2, 0.25) is 0 Å². The second-order valence-corrected chi connectivity index (χ2v) is 7.14. The van der Waals surface area contributed by atoms with Gasteiger partial charge in [0, 0.05) is 36.8 Å². The van der Waals surface area contributed by atoms with Crippen LogP contribution in [0.3, 0.4) is 0 Å². The molecular formula is C24H21F2N4O3. The van der Waals surface area contributed by atoms with Gasteiger partial charge in [0.05, 0.1) is 18.4 Å². The minimum Gasteiger partial charge on any atom is -0.491 e. The number of amides is 1. The molecule has 1 amide bonds. The molecule has 7 nitrogen and oxygen atoms in total. The number of aryl methyl sites for hydroxylation is 1. The number of benzene rings is 2. The van der Waals surface area contributed by atoms with Gasteiger partial charge in [-0.1, -0.05) is 0 Å². The zero-order valence-corrected chi connectivity index (χ0v) is 17.8. The molecule has 0 saturated heterocycles. The maximum absolute atomic E-state index is 13.7. The van der Waals surface area contributed by atoms with Crippen molar-refractivity contribution in [3.8, 4) is 22.8 Å². The average Bonchev–Trinajstić information content (AvgIpc) is 3.46. The summed E-state index contributed by atoms with van der Waals surface area (Å²) in [5.41, 5.74) is 2.05. The van der Waals surface area contributed by atoms with Crippen LogP contribution in [-0.2, 0) is 18.4 Å². The molecule has 33 heavy (non-hydrogen) atoms. The Balaban J connectivity index is 1.45. The van der Waals surface area contributed by atoms with E-state index in [1.165, 1.54) is 0 Å². The summed E-state index contributed by atoms with van der Waals surface area (Å²) in [6, 6.07) is 13.7. The molecule has 2 aromatic carbocycles. The first-order valence-electron chi connectivity index (χ1n) is 10.2. The summed E-state index contributed by atoms with van der Waals surface area (Å²) in [6.45, 7) is 0.627. The summed E-state index contributed by atoms with van der Waals surface area (Å²) in [4.78, 5) is 12.3. The van der Waals surface area contributed by atoms with Crippen LogP contribution in [0.5, 0.6) is 11.5 Å². The SMILES string of the molecule is Cn1nccc1-c1cc(NC(=O)COc2ccc(F)cc2F)ccc1OCCn1[c]ccc1. The van der Waals surface area contributed by atoms with Crippen molar-refractivity contribution in [3.63, 3.8) is 0 Å². The number of nitrogens with one attached hydrogen (secondary N) is 1. The number of halogens is 2. The molecule has 1 radical (unpaired) electrons. The van der Waals surface area contributed by atoms with E-state index in [9.17, 15) is 13.6 Å². The summed E-state index contributed by atoms with van der Waals surface area (Å²) >= 11 is 0. The first-order valence-corrected chi connectivity index (χ1v) is 10.2. The summed E-state index contributed by atoms with van der Waals surface area (Å²) < 4.78 is 41.4. The predicted molar refractivity (Wildman–Crippen MR) is 118 cm³/mol. The molecule has 0 aliphatic carbocycles. The van der Waals surface area contributed by atoms with Gasteiger partial charge in [0.2, 0.25) is 0 Å². The Morgan fingerprint density at radius 3 is 2.70 bits per heavy atom. The topological polar surface area (TPSA) is 70.3 Å². The minimum atomic E-state index is -0.875. The average molecular weight is 451 g/mol. The van der Waals surface area contributed by atoms with Gasteiger partial charge < -0.3 is 19.4 Å². The van der Waals surface area contributed by atoms with E-state index in [0.717, 1.165) is 23.4 Å². The van der Waals surface area contributed by atoms with Crippen molar-refractivity contribution in [3.05, 3.63) is 84.8 Å². The molecule has 0 aliphatic heterocycles.